The summed E-state index contributed by atoms with van der Waals surface area (Å²) in [6.45, 7) is 0. The standard InChI is InChI=1S/C26H18ClF4N2O/c27-21-14-18(34-26(29,30)31)10-11-19(21)24(16-7-4-8-16)23(15-5-2-1-3-6-15)17-9-12-22-20(13-17)25(28)33-32-22/h1-3,5,9-14,16H,4,7-8H2,(H,32,33)/b24-23+. The number of benzene rings is 3. The molecular weight excluding hydrogens is 468 g/mol. The van der Waals surface area contributed by atoms with Crippen LogP contribution in [-0.2, 0) is 0 Å². The summed E-state index contributed by atoms with van der Waals surface area (Å²) in [7, 11) is 0. The molecular formula is C26H18ClF4N2O. The van der Waals surface area contributed by atoms with Gasteiger partial charge < -0.3 is 4.74 Å². The topological polar surface area (TPSA) is 37.9 Å². The molecule has 0 spiro atoms. The summed E-state index contributed by atoms with van der Waals surface area (Å²) in [5, 5.41) is 6.80. The van der Waals surface area contributed by atoms with Gasteiger partial charge in [-0.05, 0) is 83.0 Å². The molecule has 173 valence electrons. The van der Waals surface area contributed by atoms with Crippen LogP contribution in [0.25, 0.3) is 22.0 Å². The molecule has 1 aromatic heterocycles. The first-order valence-corrected chi connectivity index (χ1v) is 11.1. The zero-order chi connectivity index (χ0) is 23.9. The molecule has 1 N–H and O–H groups in total. The summed E-state index contributed by atoms with van der Waals surface area (Å²) >= 11 is 6.53. The maximum Gasteiger partial charge on any atom is 0.573 e. The average molecular weight is 486 g/mol. The molecule has 1 radical (unpaired) electrons. The van der Waals surface area contributed by atoms with E-state index < -0.39 is 12.3 Å². The van der Waals surface area contributed by atoms with Gasteiger partial charge in [-0.2, -0.15) is 4.39 Å². The summed E-state index contributed by atoms with van der Waals surface area (Å²) in [6, 6.07) is 20.0. The molecule has 1 heterocycles. The van der Waals surface area contributed by atoms with Crippen molar-refractivity contribution in [2.24, 2.45) is 5.92 Å². The van der Waals surface area contributed by atoms with Gasteiger partial charge in [-0.15, -0.1) is 18.3 Å². The number of nitrogens with one attached hydrogen (secondary N) is 1. The Labute approximate surface area is 198 Å². The third kappa shape index (κ3) is 4.40. The fourth-order valence-corrected chi connectivity index (χ4v) is 4.58. The van der Waals surface area contributed by atoms with Gasteiger partial charge in [0.05, 0.1) is 15.9 Å². The molecule has 0 unspecified atom stereocenters. The number of fused-ring (bicyclic) bond motifs is 1. The van der Waals surface area contributed by atoms with Gasteiger partial charge >= 0.3 is 6.36 Å². The number of aromatic amines is 1. The maximum atomic E-state index is 14.3. The first-order valence-electron chi connectivity index (χ1n) is 10.7. The lowest BCUT2D eigenvalue weighted by molar-refractivity contribution is -0.274. The molecule has 1 aliphatic rings. The molecule has 0 amide bonds. The number of halogens is 5. The number of hydrogen-bond acceptors (Lipinski definition) is 2. The number of ether oxygens (including phenoxy) is 1. The summed E-state index contributed by atoms with van der Waals surface area (Å²) in [5.41, 5.74) is 4.39. The predicted octanol–water partition coefficient (Wildman–Crippen LogP) is 7.81. The highest BCUT2D eigenvalue weighted by atomic mass is 35.5. The lowest BCUT2D eigenvalue weighted by Gasteiger charge is -2.32. The highest BCUT2D eigenvalue weighted by Crippen LogP contribution is 2.47. The summed E-state index contributed by atoms with van der Waals surface area (Å²) in [5.74, 6) is -0.852. The molecule has 34 heavy (non-hydrogen) atoms. The van der Waals surface area contributed by atoms with Crippen LogP contribution in [0.5, 0.6) is 5.75 Å². The van der Waals surface area contributed by atoms with E-state index in [9.17, 15) is 17.6 Å². The van der Waals surface area contributed by atoms with Crippen molar-refractivity contribution >= 4 is 33.7 Å². The van der Waals surface area contributed by atoms with Crippen LogP contribution < -0.4 is 4.74 Å². The van der Waals surface area contributed by atoms with Crippen LogP contribution in [0.15, 0.2) is 60.7 Å². The van der Waals surface area contributed by atoms with E-state index in [1.807, 2.05) is 24.3 Å². The lowest BCUT2D eigenvalue weighted by atomic mass is 9.73. The van der Waals surface area contributed by atoms with Crippen molar-refractivity contribution in [1.82, 2.24) is 10.2 Å². The summed E-state index contributed by atoms with van der Waals surface area (Å²) < 4.78 is 56.5. The molecule has 0 aliphatic heterocycles. The Balaban J connectivity index is 1.75. The minimum atomic E-state index is -4.81. The third-order valence-electron chi connectivity index (χ3n) is 6.03. The Hall–Kier alpha value is -3.32. The molecule has 3 nitrogen and oxygen atoms in total. The van der Waals surface area contributed by atoms with Gasteiger partial charge in [0.1, 0.15) is 5.75 Å². The van der Waals surface area contributed by atoms with Crippen molar-refractivity contribution in [2.45, 2.75) is 25.6 Å². The highest BCUT2D eigenvalue weighted by Gasteiger charge is 2.32. The van der Waals surface area contributed by atoms with Crippen molar-refractivity contribution in [3.8, 4) is 5.75 Å². The van der Waals surface area contributed by atoms with Gasteiger partial charge in [0, 0.05) is 0 Å². The molecule has 8 heteroatoms. The first-order chi connectivity index (χ1) is 16.3. The second kappa shape index (κ2) is 8.80. The predicted molar refractivity (Wildman–Crippen MR) is 123 cm³/mol. The second-order valence-corrected chi connectivity index (χ2v) is 8.56. The smallest absolute Gasteiger partial charge is 0.406 e. The van der Waals surface area contributed by atoms with E-state index in [0.29, 0.717) is 16.5 Å². The zero-order valence-electron chi connectivity index (χ0n) is 17.7. The average Bonchev–Trinajstić information content (AvgIpc) is 3.12. The molecule has 4 aromatic rings. The van der Waals surface area contributed by atoms with Crippen LogP contribution in [0.1, 0.15) is 36.0 Å². The molecule has 0 bridgehead atoms. The molecule has 5 rings (SSSR count). The van der Waals surface area contributed by atoms with Crippen LogP contribution in [0.2, 0.25) is 5.02 Å². The van der Waals surface area contributed by atoms with Crippen molar-refractivity contribution in [1.29, 1.82) is 0 Å². The van der Waals surface area contributed by atoms with Gasteiger partial charge in [-0.25, -0.2) is 0 Å². The SMILES string of the molecule is Fc1n[nH]c2ccc(/C(=C(/c3ccc(OC(F)(F)F)cc3Cl)C3CCC3)c3[c]cccc3)cc12. The Bertz CT molecular complexity index is 1370. The lowest BCUT2D eigenvalue weighted by Crippen LogP contribution is -2.17. The normalized spacial score (nSPS) is 15.2. The van der Waals surface area contributed by atoms with E-state index in [1.54, 1.807) is 24.3 Å². The minimum absolute atomic E-state index is 0.139. The molecule has 1 fully saturated rings. The number of hydrogen-bond donors (Lipinski definition) is 1. The quantitative estimate of drug-likeness (QED) is 0.231. The van der Waals surface area contributed by atoms with E-state index in [1.165, 1.54) is 12.1 Å². The van der Waals surface area contributed by atoms with Crippen molar-refractivity contribution in [3.63, 3.8) is 0 Å². The van der Waals surface area contributed by atoms with Crippen molar-refractivity contribution in [2.75, 3.05) is 0 Å². The second-order valence-electron chi connectivity index (χ2n) is 8.16. The highest BCUT2D eigenvalue weighted by molar-refractivity contribution is 6.33. The van der Waals surface area contributed by atoms with Crippen LogP contribution in [0, 0.1) is 17.9 Å². The van der Waals surface area contributed by atoms with Crippen LogP contribution >= 0.6 is 11.6 Å². The summed E-state index contributed by atoms with van der Waals surface area (Å²) in [6.07, 6.45) is -1.97. The monoisotopic (exact) mass is 485 g/mol. The first kappa shape index (κ1) is 22.5. The Morgan fingerprint density at radius 3 is 2.56 bits per heavy atom. The van der Waals surface area contributed by atoms with Gasteiger partial charge in [0.15, 0.2) is 0 Å². The molecule has 1 saturated carbocycles. The van der Waals surface area contributed by atoms with Gasteiger partial charge in [-0.3, -0.25) is 5.10 Å². The van der Waals surface area contributed by atoms with Crippen LogP contribution in [0.3, 0.4) is 0 Å². The van der Waals surface area contributed by atoms with Gasteiger partial charge in [0.25, 0.3) is 0 Å². The number of aromatic nitrogens is 2. The van der Waals surface area contributed by atoms with Gasteiger partial charge in [0.2, 0.25) is 5.95 Å². The molecule has 0 atom stereocenters. The van der Waals surface area contributed by atoms with Crippen molar-refractivity contribution in [3.05, 3.63) is 94.4 Å². The Morgan fingerprint density at radius 1 is 1.09 bits per heavy atom. The molecule has 3 aromatic carbocycles. The van der Waals surface area contributed by atoms with E-state index in [4.69, 9.17) is 11.6 Å². The number of H-pyrrole nitrogens is 1. The summed E-state index contributed by atoms with van der Waals surface area (Å²) in [4.78, 5) is 0. The van der Waals surface area contributed by atoms with E-state index >= 15 is 0 Å². The van der Waals surface area contributed by atoms with Crippen LogP contribution in [0.4, 0.5) is 17.6 Å². The number of nitrogens with zero attached hydrogens (tertiary/aromatic N) is 1. The molecule has 1 aliphatic carbocycles. The Morgan fingerprint density at radius 2 is 1.91 bits per heavy atom. The minimum Gasteiger partial charge on any atom is -0.406 e. The maximum absolute atomic E-state index is 14.3. The van der Waals surface area contributed by atoms with Crippen molar-refractivity contribution < 1.29 is 22.3 Å². The zero-order valence-corrected chi connectivity index (χ0v) is 18.5. The van der Waals surface area contributed by atoms with Crippen LogP contribution in [-0.4, -0.2) is 16.6 Å². The van der Waals surface area contributed by atoms with E-state index in [2.05, 4.69) is 21.0 Å². The largest absolute Gasteiger partial charge is 0.573 e. The Kier molecular flexibility index (Phi) is 5.81. The number of rotatable bonds is 5. The van der Waals surface area contributed by atoms with E-state index in [0.717, 1.165) is 41.5 Å². The third-order valence-corrected chi connectivity index (χ3v) is 6.34. The number of allylic oxidation sites excluding steroid dienone is 1. The molecule has 0 saturated heterocycles. The number of alkyl halides is 3. The fraction of sp³-hybridized carbons (Fsp3) is 0.192. The van der Waals surface area contributed by atoms with E-state index in [-0.39, 0.29) is 16.7 Å². The van der Waals surface area contributed by atoms with Gasteiger partial charge in [-0.1, -0.05) is 48.4 Å². The fourth-order valence-electron chi connectivity index (χ4n) is 4.31.